The number of ether oxygens (including phenoxy) is 2. The average molecular weight is 472 g/mol. The first-order valence-corrected chi connectivity index (χ1v) is 11.5. The lowest BCUT2D eigenvalue weighted by Crippen LogP contribution is -2.17. The van der Waals surface area contributed by atoms with Crippen LogP contribution < -0.4 is 10.1 Å². The number of nitrogens with one attached hydrogen (secondary N) is 1. The molecule has 0 bridgehead atoms. The topological polar surface area (TPSA) is 120 Å². The van der Waals surface area contributed by atoms with Crippen LogP contribution in [-0.4, -0.2) is 43.6 Å². The van der Waals surface area contributed by atoms with Crippen LogP contribution in [0, 0.1) is 11.3 Å². The van der Waals surface area contributed by atoms with Crippen molar-refractivity contribution in [2.45, 2.75) is 45.4 Å². The number of carbonyl (C=O) groups excluding carboxylic acids is 1. The van der Waals surface area contributed by atoms with Gasteiger partial charge in [-0.3, -0.25) is 5.32 Å². The molecule has 1 aliphatic carbocycles. The molecule has 1 aliphatic rings. The third-order valence-electron chi connectivity index (χ3n) is 5.70. The molecule has 2 heterocycles. The molecule has 10 heteroatoms. The highest BCUT2D eigenvalue weighted by Crippen LogP contribution is 2.45. The van der Waals surface area contributed by atoms with E-state index < -0.39 is 6.09 Å². The van der Waals surface area contributed by atoms with Crippen molar-refractivity contribution >= 4 is 22.7 Å². The Hall–Kier alpha value is -4.39. The van der Waals surface area contributed by atoms with Gasteiger partial charge in [-0.2, -0.15) is 10.1 Å². The van der Waals surface area contributed by atoms with Crippen LogP contribution in [-0.2, 0) is 11.3 Å². The fraction of sp³-hybridized carbons (Fsp3) is 0.320. The van der Waals surface area contributed by atoms with Gasteiger partial charge in [0.25, 0.3) is 0 Å². The molecule has 5 rings (SSSR count). The van der Waals surface area contributed by atoms with Crippen molar-refractivity contribution < 1.29 is 14.3 Å². The standard InChI is InChI=1S/C25H25N7O3/c1-16(2)35-25(33)29-18-5-3-17(4-6-18)24-22(14-26)21-10-9-20(13-23(21)32(24)19-7-8-19)34-12-11-31-28-15-27-30-31/h3-6,9-10,13,15-16,19H,7-8,11-12H2,1-2H3,(H,29,33). The van der Waals surface area contributed by atoms with Gasteiger partial charge in [-0.05, 0) is 61.7 Å². The Kier molecular flexibility index (Phi) is 6.06. The Morgan fingerprint density at radius 1 is 1.23 bits per heavy atom. The van der Waals surface area contributed by atoms with Crippen molar-refractivity contribution in [1.29, 1.82) is 5.26 Å². The van der Waals surface area contributed by atoms with Gasteiger partial charge in [-0.25, -0.2) is 4.79 Å². The number of anilines is 1. The largest absolute Gasteiger partial charge is 0.492 e. The molecule has 1 amide bonds. The number of benzene rings is 2. The molecule has 1 N–H and O–H groups in total. The molecule has 4 aromatic rings. The van der Waals surface area contributed by atoms with Gasteiger partial charge < -0.3 is 14.0 Å². The molecule has 2 aromatic heterocycles. The number of aromatic nitrogens is 5. The Labute approximate surface area is 202 Å². The summed E-state index contributed by atoms with van der Waals surface area (Å²) in [4.78, 5) is 13.4. The Balaban J connectivity index is 1.45. The van der Waals surface area contributed by atoms with Crippen molar-refractivity contribution in [2.24, 2.45) is 0 Å². The quantitative estimate of drug-likeness (QED) is 0.401. The van der Waals surface area contributed by atoms with E-state index in [9.17, 15) is 10.1 Å². The summed E-state index contributed by atoms with van der Waals surface area (Å²) in [6.07, 6.45) is 2.82. The highest BCUT2D eigenvalue weighted by atomic mass is 16.6. The fourth-order valence-corrected chi connectivity index (χ4v) is 4.10. The monoisotopic (exact) mass is 471 g/mol. The molecular formula is C25H25N7O3. The zero-order valence-electron chi connectivity index (χ0n) is 19.5. The van der Waals surface area contributed by atoms with E-state index in [2.05, 4.69) is 31.4 Å². The lowest BCUT2D eigenvalue weighted by molar-refractivity contribution is 0.130. The zero-order chi connectivity index (χ0) is 24.4. The Bertz CT molecular complexity index is 1380. The third-order valence-corrected chi connectivity index (χ3v) is 5.70. The van der Waals surface area contributed by atoms with Crippen molar-refractivity contribution in [1.82, 2.24) is 24.8 Å². The Morgan fingerprint density at radius 3 is 2.69 bits per heavy atom. The van der Waals surface area contributed by atoms with Crippen molar-refractivity contribution in [3.8, 4) is 23.1 Å². The van der Waals surface area contributed by atoms with Crippen molar-refractivity contribution in [3.63, 3.8) is 0 Å². The van der Waals surface area contributed by atoms with Crippen LogP contribution in [0.1, 0.15) is 38.3 Å². The van der Waals surface area contributed by atoms with Crippen molar-refractivity contribution in [2.75, 3.05) is 11.9 Å². The molecule has 0 spiro atoms. The number of amides is 1. The summed E-state index contributed by atoms with van der Waals surface area (Å²) in [5, 5.41) is 25.2. The van der Waals surface area contributed by atoms with E-state index in [-0.39, 0.29) is 6.10 Å². The molecule has 0 aliphatic heterocycles. The first-order chi connectivity index (χ1) is 17.0. The van der Waals surface area contributed by atoms with Crippen LogP contribution in [0.3, 0.4) is 0 Å². The first-order valence-electron chi connectivity index (χ1n) is 11.5. The van der Waals surface area contributed by atoms with Gasteiger partial charge in [0.05, 0.1) is 29.4 Å². The molecule has 0 radical (unpaired) electrons. The van der Waals surface area contributed by atoms with E-state index in [0.717, 1.165) is 40.8 Å². The average Bonchev–Trinajstić information content (AvgIpc) is 3.43. The Morgan fingerprint density at radius 2 is 2.03 bits per heavy atom. The summed E-state index contributed by atoms with van der Waals surface area (Å²) in [5.41, 5.74) is 4.02. The second kappa shape index (κ2) is 9.46. The normalized spacial score (nSPS) is 13.1. The molecule has 1 fully saturated rings. The second-order valence-electron chi connectivity index (χ2n) is 8.65. The SMILES string of the molecule is CC(C)OC(=O)Nc1ccc(-c2c(C#N)c3ccc(OCCn4ncnn4)cc3n2C2CC2)cc1. The van der Waals surface area contributed by atoms with Gasteiger partial charge in [0.2, 0.25) is 0 Å². The number of tetrazole rings is 1. The minimum Gasteiger partial charge on any atom is -0.492 e. The van der Waals surface area contributed by atoms with Gasteiger partial charge in [0.15, 0.2) is 6.33 Å². The lowest BCUT2D eigenvalue weighted by Gasteiger charge is -2.12. The van der Waals surface area contributed by atoms with Crippen molar-refractivity contribution in [3.05, 3.63) is 54.4 Å². The maximum absolute atomic E-state index is 11.9. The molecule has 35 heavy (non-hydrogen) atoms. The molecule has 0 atom stereocenters. The fourth-order valence-electron chi connectivity index (χ4n) is 4.10. The predicted molar refractivity (Wildman–Crippen MR) is 129 cm³/mol. The van der Waals surface area contributed by atoms with Crippen LogP contribution in [0.15, 0.2) is 48.8 Å². The summed E-state index contributed by atoms with van der Waals surface area (Å²) in [6, 6.07) is 16.0. The molecule has 0 saturated heterocycles. The van der Waals surface area contributed by atoms with Crippen LogP contribution in [0.2, 0.25) is 0 Å². The van der Waals surface area contributed by atoms with Crippen LogP contribution >= 0.6 is 0 Å². The first kappa shape index (κ1) is 22.4. The highest BCUT2D eigenvalue weighted by Gasteiger charge is 2.30. The van der Waals surface area contributed by atoms with E-state index in [4.69, 9.17) is 9.47 Å². The number of nitriles is 1. The minimum absolute atomic E-state index is 0.199. The number of hydrogen-bond acceptors (Lipinski definition) is 7. The van der Waals surface area contributed by atoms with Gasteiger partial charge in [-0.1, -0.05) is 12.1 Å². The highest BCUT2D eigenvalue weighted by molar-refractivity contribution is 5.96. The predicted octanol–water partition coefficient (Wildman–Crippen LogP) is 4.54. The van der Waals surface area contributed by atoms with E-state index >= 15 is 0 Å². The van der Waals surface area contributed by atoms with E-state index in [1.165, 1.54) is 11.1 Å². The van der Waals surface area contributed by atoms with Gasteiger partial charge in [0, 0.05) is 23.2 Å². The number of hydrogen-bond donors (Lipinski definition) is 1. The van der Waals surface area contributed by atoms with E-state index in [0.29, 0.717) is 30.4 Å². The summed E-state index contributed by atoms with van der Waals surface area (Å²) < 4.78 is 13.3. The van der Waals surface area contributed by atoms with Gasteiger partial charge in [0.1, 0.15) is 18.4 Å². The minimum atomic E-state index is -0.496. The molecular weight excluding hydrogens is 446 g/mol. The third kappa shape index (κ3) is 4.80. The number of fused-ring (bicyclic) bond motifs is 1. The van der Waals surface area contributed by atoms with Gasteiger partial charge in [-0.15, -0.1) is 10.2 Å². The number of rotatable bonds is 8. The van der Waals surface area contributed by atoms with Crippen LogP contribution in [0.5, 0.6) is 5.75 Å². The molecule has 178 valence electrons. The van der Waals surface area contributed by atoms with E-state index in [1.807, 2.05) is 42.5 Å². The molecule has 2 aromatic carbocycles. The number of nitrogens with zero attached hydrogens (tertiary/aromatic N) is 6. The molecule has 1 saturated carbocycles. The molecule has 10 nitrogen and oxygen atoms in total. The summed E-state index contributed by atoms with van der Waals surface area (Å²) in [6.45, 7) is 4.49. The maximum atomic E-state index is 11.9. The van der Waals surface area contributed by atoms with Crippen LogP contribution in [0.25, 0.3) is 22.2 Å². The molecule has 0 unspecified atom stereocenters. The lowest BCUT2D eigenvalue weighted by atomic mass is 10.1. The van der Waals surface area contributed by atoms with Gasteiger partial charge >= 0.3 is 6.09 Å². The maximum Gasteiger partial charge on any atom is 0.411 e. The second-order valence-corrected chi connectivity index (χ2v) is 8.65. The van der Waals surface area contributed by atoms with Crippen LogP contribution in [0.4, 0.5) is 10.5 Å². The number of carbonyl (C=O) groups is 1. The summed E-state index contributed by atoms with van der Waals surface area (Å²) >= 11 is 0. The van der Waals surface area contributed by atoms with E-state index in [1.54, 1.807) is 13.8 Å². The zero-order valence-corrected chi connectivity index (χ0v) is 19.5. The smallest absolute Gasteiger partial charge is 0.411 e. The summed E-state index contributed by atoms with van der Waals surface area (Å²) in [5.74, 6) is 0.719. The summed E-state index contributed by atoms with van der Waals surface area (Å²) in [7, 11) is 0.